The second-order valence-corrected chi connectivity index (χ2v) is 5.32. The lowest BCUT2D eigenvalue weighted by molar-refractivity contribution is 0.376. The molecule has 0 radical (unpaired) electrons. The van der Waals surface area contributed by atoms with Gasteiger partial charge in [0, 0.05) is 11.3 Å². The first-order valence-electron chi connectivity index (χ1n) is 7.31. The second kappa shape index (κ2) is 7.56. The minimum absolute atomic E-state index is 0.349. The van der Waals surface area contributed by atoms with Gasteiger partial charge in [-0.2, -0.15) is 4.98 Å². The van der Waals surface area contributed by atoms with E-state index in [9.17, 15) is 0 Å². The van der Waals surface area contributed by atoms with Gasteiger partial charge in [0.1, 0.15) is 5.75 Å². The summed E-state index contributed by atoms with van der Waals surface area (Å²) in [5, 5.41) is 10.5. The number of ether oxygens (including phenoxy) is 1. The van der Waals surface area contributed by atoms with Crippen molar-refractivity contribution in [2.75, 3.05) is 12.4 Å². The van der Waals surface area contributed by atoms with Crippen LogP contribution in [0, 0.1) is 0 Å². The van der Waals surface area contributed by atoms with Gasteiger partial charge in [-0.15, -0.1) is 0 Å². The van der Waals surface area contributed by atoms with Crippen LogP contribution in [0.1, 0.15) is 5.89 Å². The molecule has 0 unspecified atom stereocenters. The highest BCUT2D eigenvalue weighted by Gasteiger charge is 2.08. The highest BCUT2D eigenvalue weighted by Crippen LogP contribution is 2.16. The molecule has 3 rings (SSSR count). The number of hydrogen-bond acceptors (Lipinski definition) is 5. The van der Waals surface area contributed by atoms with Crippen molar-refractivity contribution >= 4 is 23.0 Å². The van der Waals surface area contributed by atoms with Gasteiger partial charge in [0.15, 0.2) is 5.11 Å². The van der Waals surface area contributed by atoms with Crippen LogP contribution in [0.5, 0.6) is 5.75 Å². The number of hydrogen-bond donors (Lipinski definition) is 2. The van der Waals surface area contributed by atoms with E-state index in [0.717, 1.165) is 17.0 Å². The van der Waals surface area contributed by atoms with E-state index in [1.54, 1.807) is 7.11 Å². The molecule has 0 fully saturated rings. The maximum atomic E-state index is 5.25. The predicted molar refractivity (Wildman–Crippen MR) is 95.8 cm³/mol. The topological polar surface area (TPSA) is 72.2 Å². The summed E-state index contributed by atoms with van der Waals surface area (Å²) < 4.78 is 10.3. The van der Waals surface area contributed by atoms with E-state index in [1.165, 1.54) is 0 Å². The quantitative estimate of drug-likeness (QED) is 0.691. The lowest BCUT2D eigenvalue weighted by atomic mass is 10.2. The Morgan fingerprint density at radius 2 is 1.88 bits per heavy atom. The summed E-state index contributed by atoms with van der Waals surface area (Å²) in [7, 11) is 1.63. The van der Waals surface area contributed by atoms with Gasteiger partial charge in [-0.1, -0.05) is 35.5 Å². The van der Waals surface area contributed by atoms with Crippen LogP contribution < -0.4 is 15.4 Å². The van der Waals surface area contributed by atoms with Crippen LogP contribution >= 0.6 is 12.2 Å². The van der Waals surface area contributed by atoms with E-state index in [2.05, 4.69) is 20.8 Å². The lowest BCUT2D eigenvalue weighted by Crippen LogP contribution is -2.27. The number of rotatable bonds is 5. The van der Waals surface area contributed by atoms with Gasteiger partial charge in [-0.25, -0.2) is 0 Å². The van der Waals surface area contributed by atoms with Gasteiger partial charge in [-0.05, 0) is 36.5 Å². The molecule has 2 N–H and O–H groups in total. The fourth-order valence-corrected chi connectivity index (χ4v) is 2.23. The van der Waals surface area contributed by atoms with E-state index in [1.807, 2.05) is 54.6 Å². The molecular weight excluding hydrogens is 324 g/mol. The summed E-state index contributed by atoms with van der Waals surface area (Å²) >= 11 is 5.25. The van der Waals surface area contributed by atoms with Crippen molar-refractivity contribution < 1.29 is 9.26 Å². The molecule has 0 bridgehead atoms. The molecule has 122 valence electrons. The first-order valence-corrected chi connectivity index (χ1v) is 7.72. The minimum Gasteiger partial charge on any atom is -0.497 e. The molecule has 3 aromatic rings. The minimum atomic E-state index is 0.349. The van der Waals surface area contributed by atoms with Gasteiger partial charge < -0.3 is 19.9 Å². The zero-order chi connectivity index (χ0) is 16.8. The molecule has 0 aliphatic heterocycles. The normalized spacial score (nSPS) is 10.2. The fraction of sp³-hybridized carbons (Fsp3) is 0.118. The third-order valence-electron chi connectivity index (χ3n) is 3.25. The van der Waals surface area contributed by atoms with Crippen LogP contribution in [0.3, 0.4) is 0 Å². The molecule has 0 amide bonds. The first-order chi connectivity index (χ1) is 11.7. The van der Waals surface area contributed by atoms with E-state index in [0.29, 0.717) is 23.4 Å². The van der Waals surface area contributed by atoms with E-state index in [-0.39, 0.29) is 0 Å². The fourth-order valence-electron chi connectivity index (χ4n) is 2.04. The van der Waals surface area contributed by atoms with Crippen LogP contribution in [-0.2, 0) is 6.54 Å². The summed E-state index contributed by atoms with van der Waals surface area (Å²) in [5.74, 6) is 1.81. The summed E-state index contributed by atoms with van der Waals surface area (Å²) in [5.41, 5.74) is 1.77. The van der Waals surface area contributed by atoms with Gasteiger partial charge in [0.25, 0.3) is 0 Å². The van der Waals surface area contributed by atoms with Gasteiger partial charge >= 0.3 is 0 Å². The Morgan fingerprint density at radius 3 is 2.58 bits per heavy atom. The molecular formula is C17H16N4O2S. The highest BCUT2D eigenvalue weighted by atomic mass is 32.1. The number of nitrogens with zero attached hydrogens (tertiary/aromatic N) is 2. The number of aromatic nitrogens is 2. The van der Waals surface area contributed by atoms with E-state index in [4.69, 9.17) is 21.5 Å². The predicted octanol–water partition coefficient (Wildman–Crippen LogP) is 3.23. The van der Waals surface area contributed by atoms with Crippen LogP contribution in [0.25, 0.3) is 11.4 Å². The summed E-state index contributed by atoms with van der Waals surface area (Å²) in [6.45, 7) is 0.349. The van der Waals surface area contributed by atoms with Gasteiger partial charge in [0.05, 0.1) is 13.7 Å². The Labute approximate surface area is 144 Å². The molecule has 0 aliphatic rings. The number of anilines is 1. The third-order valence-corrected chi connectivity index (χ3v) is 3.49. The average Bonchev–Trinajstić information content (AvgIpc) is 3.10. The third kappa shape index (κ3) is 4.08. The molecule has 2 aromatic carbocycles. The Kier molecular flexibility index (Phi) is 5.02. The summed E-state index contributed by atoms with van der Waals surface area (Å²) in [4.78, 5) is 4.34. The number of methoxy groups -OCH3 is 1. The number of thiocarbonyl (C=S) groups is 1. The molecule has 0 aliphatic carbocycles. The Hall–Kier alpha value is -2.93. The maximum Gasteiger partial charge on any atom is 0.246 e. The lowest BCUT2D eigenvalue weighted by Gasteiger charge is -2.09. The zero-order valence-corrected chi connectivity index (χ0v) is 13.8. The van der Waals surface area contributed by atoms with Crippen molar-refractivity contribution in [1.29, 1.82) is 0 Å². The van der Waals surface area contributed by atoms with Crippen LogP contribution in [-0.4, -0.2) is 22.4 Å². The van der Waals surface area contributed by atoms with Crippen LogP contribution in [0.4, 0.5) is 5.69 Å². The number of nitrogens with one attached hydrogen (secondary N) is 2. The SMILES string of the molecule is COc1ccc(NC(=S)NCc2nc(-c3ccccc3)no2)cc1. The van der Waals surface area contributed by atoms with Crippen molar-refractivity contribution in [3.63, 3.8) is 0 Å². The summed E-state index contributed by atoms with van der Waals surface area (Å²) in [6, 6.07) is 17.1. The van der Waals surface area contributed by atoms with Crippen molar-refractivity contribution in [2.45, 2.75) is 6.54 Å². The monoisotopic (exact) mass is 340 g/mol. The van der Waals surface area contributed by atoms with Crippen molar-refractivity contribution in [3.8, 4) is 17.1 Å². The van der Waals surface area contributed by atoms with Gasteiger partial charge in [0.2, 0.25) is 11.7 Å². The zero-order valence-electron chi connectivity index (χ0n) is 13.0. The smallest absolute Gasteiger partial charge is 0.246 e. The Morgan fingerprint density at radius 1 is 1.12 bits per heavy atom. The summed E-state index contributed by atoms with van der Waals surface area (Å²) in [6.07, 6.45) is 0. The standard InChI is InChI=1S/C17H16N4O2S/c1-22-14-9-7-13(8-10-14)19-17(24)18-11-15-20-16(21-23-15)12-5-3-2-4-6-12/h2-10H,11H2,1H3,(H2,18,19,24). The van der Waals surface area contributed by atoms with Gasteiger partial charge in [-0.3, -0.25) is 0 Å². The maximum absolute atomic E-state index is 5.25. The molecule has 6 nitrogen and oxygen atoms in total. The van der Waals surface area contributed by atoms with E-state index < -0.39 is 0 Å². The molecule has 7 heteroatoms. The van der Waals surface area contributed by atoms with Crippen LogP contribution in [0.15, 0.2) is 59.1 Å². The molecule has 1 aromatic heterocycles. The molecule has 0 saturated heterocycles. The molecule has 1 heterocycles. The second-order valence-electron chi connectivity index (χ2n) is 4.91. The molecule has 0 atom stereocenters. The van der Waals surface area contributed by atoms with Crippen molar-refractivity contribution in [3.05, 3.63) is 60.5 Å². The van der Waals surface area contributed by atoms with Crippen LogP contribution in [0.2, 0.25) is 0 Å². The molecule has 24 heavy (non-hydrogen) atoms. The largest absolute Gasteiger partial charge is 0.497 e. The first kappa shape index (κ1) is 15.9. The van der Waals surface area contributed by atoms with E-state index >= 15 is 0 Å². The number of benzene rings is 2. The van der Waals surface area contributed by atoms with Crippen molar-refractivity contribution in [1.82, 2.24) is 15.5 Å². The molecule has 0 saturated carbocycles. The molecule has 0 spiro atoms. The highest BCUT2D eigenvalue weighted by molar-refractivity contribution is 7.80. The average molecular weight is 340 g/mol. The Balaban J connectivity index is 1.53. The van der Waals surface area contributed by atoms with Crippen molar-refractivity contribution in [2.24, 2.45) is 0 Å². The Bertz CT molecular complexity index is 803.